The molecule has 2 saturated heterocycles. The number of methoxy groups -OCH3 is 1. The van der Waals surface area contributed by atoms with Crippen LogP contribution in [0.5, 0.6) is 5.88 Å². The van der Waals surface area contributed by atoms with Crippen molar-refractivity contribution in [3.63, 3.8) is 0 Å². The van der Waals surface area contributed by atoms with Gasteiger partial charge in [-0.05, 0) is 11.6 Å². The van der Waals surface area contributed by atoms with Crippen molar-refractivity contribution >= 4 is 12.0 Å². The summed E-state index contributed by atoms with van der Waals surface area (Å²) in [5.41, 5.74) is 1.10. The van der Waals surface area contributed by atoms with Crippen LogP contribution in [0.15, 0.2) is 48.7 Å². The maximum atomic E-state index is 13.0. The average Bonchev–Trinajstić information content (AvgIpc) is 3.04. The summed E-state index contributed by atoms with van der Waals surface area (Å²) >= 11 is 0. The van der Waals surface area contributed by atoms with Crippen LogP contribution in [0.1, 0.15) is 15.9 Å². The first-order valence-corrected chi connectivity index (χ1v) is 8.89. The molecule has 140 valence electrons. The van der Waals surface area contributed by atoms with Gasteiger partial charge in [-0.1, -0.05) is 30.3 Å². The van der Waals surface area contributed by atoms with Crippen LogP contribution in [0.25, 0.3) is 0 Å². The number of piperazine rings is 1. The minimum atomic E-state index is -0.538. The molecule has 2 aromatic rings. The van der Waals surface area contributed by atoms with Gasteiger partial charge in [-0.25, -0.2) is 9.78 Å². The van der Waals surface area contributed by atoms with E-state index in [0.717, 1.165) is 5.56 Å². The first-order valence-electron chi connectivity index (χ1n) is 8.89. The lowest BCUT2D eigenvalue weighted by molar-refractivity contribution is 0.0375. The van der Waals surface area contributed by atoms with Crippen molar-refractivity contribution in [1.82, 2.24) is 14.8 Å². The second kappa shape index (κ2) is 6.90. The molecular weight excluding hydrogens is 346 g/mol. The van der Waals surface area contributed by atoms with Crippen LogP contribution in [-0.2, 0) is 11.2 Å². The van der Waals surface area contributed by atoms with E-state index in [1.54, 1.807) is 28.1 Å². The predicted molar refractivity (Wildman–Crippen MR) is 97.6 cm³/mol. The van der Waals surface area contributed by atoms with Gasteiger partial charge in [0.1, 0.15) is 12.1 Å². The van der Waals surface area contributed by atoms with E-state index in [9.17, 15) is 9.59 Å². The van der Waals surface area contributed by atoms with E-state index in [1.807, 2.05) is 30.3 Å². The largest absolute Gasteiger partial charge is 0.481 e. The topological polar surface area (TPSA) is 72.0 Å². The maximum Gasteiger partial charge on any atom is 0.410 e. The Morgan fingerprint density at radius 3 is 2.85 bits per heavy atom. The van der Waals surface area contributed by atoms with Crippen LogP contribution >= 0.6 is 0 Å². The number of hydrogen-bond acceptors (Lipinski definition) is 5. The van der Waals surface area contributed by atoms with Gasteiger partial charge in [0.25, 0.3) is 5.91 Å². The van der Waals surface area contributed by atoms with Crippen LogP contribution in [0, 0.1) is 0 Å². The number of aromatic nitrogens is 1. The summed E-state index contributed by atoms with van der Waals surface area (Å²) < 4.78 is 10.5. The van der Waals surface area contributed by atoms with Crippen LogP contribution in [0.2, 0.25) is 0 Å². The zero-order valence-corrected chi connectivity index (χ0v) is 15.1. The number of rotatable bonds is 4. The van der Waals surface area contributed by atoms with Crippen LogP contribution in [-0.4, -0.2) is 65.7 Å². The fourth-order valence-corrected chi connectivity index (χ4v) is 3.85. The minimum absolute atomic E-state index is 0.0952. The molecule has 0 bridgehead atoms. The van der Waals surface area contributed by atoms with Gasteiger partial charge in [0.05, 0.1) is 7.11 Å². The summed E-state index contributed by atoms with van der Waals surface area (Å²) in [4.78, 5) is 32.9. The van der Waals surface area contributed by atoms with Gasteiger partial charge in [-0.3, -0.25) is 9.69 Å². The number of amides is 2. The quantitative estimate of drug-likeness (QED) is 0.826. The lowest BCUT2D eigenvalue weighted by Crippen LogP contribution is -2.63. The zero-order valence-electron chi connectivity index (χ0n) is 15.1. The van der Waals surface area contributed by atoms with E-state index in [-0.39, 0.29) is 18.6 Å². The normalized spacial score (nSPS) is 21.6. The number of carbonyl (C=O) groups excluding carboxylic acids is 2. The predicted octanol–water partition coefficient (Wildman–Crippen LogP) is 1.98. The highest BCUT2D eigenvalue weighted by Gasteiger charge is 2.51. The van der Waals surface area contributed by atoms with Gasteiger partial charge < -0.3 is 14.4 Å². The highest BCUT2D eigenvalue weighted by molar-refractivity contribution is 5.94. The van der Waals surface area contributed by atoms with Crippen LogP contribution in [0.4, 0.5) is 4.79 Å². The molecule has 0 spiro atoms. The second-order valence-electron chi connectivity index (χ2n) is 6.91. The number of fused-ring (bicyclic) bond motifs is 1. The Bertz CT molecular complexity index is 857. The van der Waals surface area contributed by atoms with E-state index in [2.05, 4.69) is 4.98 Å². The van der Waals surface area contributed by atoms with E-state index >= 15 is 0 Å². The standard InChI is InChI=1S/C20H21N3O4/c1-26-17-11-16(7-8-21-17)18(24)22-9-10-23-19(25)27-14-20(23,13-22)12-15-5-3-2-4-6-15/h2-8,11H,9-10,12-14H2,1H3. The highest BCUT2D eigenvalue weighted by atomic mass is 16.6. The number of ether oxygens (including phenoxy) is 2. The van der Waals surface area contributed by atoms with Crippen LogP contribution in [0.3, 0.4) is 0 Å². The van der Waals surface area contributed by atoms with E-state index in [0.29, 0.717) is 37.5 Å². The number of benzene rings is 1. The molecule has 1 unspecified atom stereocenters. The third-order valence-electron chi connectivity index (χ3n) is 5.19. The monoisotopic (exact) mass is 367 g/mol. The summed E-state index contributed by atoms with van der Waals surface area (Å²) in [6, 6.07) is 13.3. The van der Waals surface area contributed by atoms with Crippen molar-refractivity contribution in [2.24, 2.45) is 0 Å². The van der Waals surface area contributed by atoms with E-state index < -0.39 is 5.54 Å². The summed E-state index contributed by atoms with van der Waals surface area (Å²) in [5.74, 6) is 0.306. The molecule has 1 aromatic carbocycles. The summed E-state index contributed by atoms with van der Waals surface area (Å²) in [5, 5.41) is 0. The molecule has 2 amide bonds. The lowest BCUT2D eigenvalue weighted by atomic mass is 9.88. The lowest BCUT2D eigenvalue weighted by Gasteiger charge is -2.44. The summed E-state index contributed by atoms with van der Waals surface area (Å²) in [6.07, 6.45) is 1.90. The Morgan fingerprint density at radius 2 is 2.07 bits per heavy atom. The van der Waals surface area contributed by atoms with E-state index in [4.69, 9.17) is 9.47 Å². The second-order valence-corrected chi connectivity index (χ2v) is 6.91. The van der Waals surface area contributed by atoms with Crippen molar-refractivity contribution in [3.8, 4) is 5.88 Å². The Morgan fingerprint density at radius 1 is 1.26 bits per heavy atom. The minimum Gasteiger partial charge on any atom is -0.481 e. The molecule has 1 aromatic heterocycles. The Balaban J connectivity index is 1.60. The molecule has 7 heteroatoms. The number of nitrogens with zero attached hydrogens (tertiary/aromatic N) is 3. The third kappa shape index (κ3) is 3.20. The first kappa shape index (κ1) is 17.3. The van der Waals surface area contributed by atoms with Gasteiger partial charge in [0.2, 0.25) is 5.88 Å². The molecule has 1 atom stereocenters. The molecule has 2 aliphatic heterocycles. The van der Waals surface area contributed by atoms with Gasteiger partial charge in [0.15, 0.2) is 0 Å². The van der Waals surface area contributed by atoms with Gasteiger partial charge in [-0.2, -0.15) is 0 Å². The fourth-order valence-electron chi connectivity index (χ4n) is 3.85. The number of pyridine rings is 1. The van der Waals surface area contributed by atoms with Crippen molar-refractivity contribution in [2.75, 3.05) is 33.4 Å². The molecular formula is C20H21N3O4. The average molecular weight is 367 g/mol. The van der Waals surface area contributed by atoms with Crippen molar-refractivity contribution in [2.45, 2.75) is 12.0 Å². The summed E-state index contributed by atoms with van der Waals surface area (Å²) in [6.45, 7) is 1.63. The van der Waals surface area contributed by atoms with Gasteiger partial charge >= 0.3 is 6.09 Å². The molecule has 0 aliphatic carbocycles. The van der Waals surface area contributed by atoms with Crippen LogP contribution < -0.4 is 4.74 Å². The molecule has 27 heavy (non-hydrogen) atoms. The Labute approximate surface area is 157 Å². The molecule has 7 nitrogen and oxygen atoms in total. The third-order valence-corrected chi connectivity index (χ3v) is 5.19. The molecule has 0 saturated carbocycles. The molecule has 2 fully saturated rings. The molecule has 0 radical (unpaired) electrons. The fraction of sp³-hybridized carbons (Fsp3) is 0.350. The number of hydrogen-bond donors (Lipinski definition) is 0. The summed E-state index contributed by atoms with van der Waals surface area (Å²) in [7, 11) is 1.52. The Hall–Kier alpha value is -3.09. The molecule has 2 aliphatic rings. The SMILES string of the molecule is COc1cc(C(=O)N2CCN3C(=O)OCC3(Cc3ccccc3)C2)ccn1. The first-order chi connectivity index (χ1) is 13.1. The zero-order chi connectivity index (χ0) is 18.9. The van der Waals surface area contributed by atoms with Gasteiger partial charge in [0, 0.05) is 43.9 Å². The van der Waals surface area contributed by atoms with Crippen molar-refractivity contribution < 1.29 is 19.1 Å². The van der Waals surface area contributed by atoms with Crippen molar-refractivity contribution in [3.05, 3.63) is 59.8 Å². The molecule has 3 heterocycles. The molecule has 0 N–H and O–H groups in total. The maximum absolute atomic E-state index is 13.0. The van der Waals surface area contributed by atoms with E-state index in [1.165, 1.54) is 7.11 Å². The number of cyclic esters (lactones) is 1. The molecule has 4 rings (SSSR count). The Kier molecular flexibility index (Phi) is 4.43. The highest BCUT2D eigenvalue weighted by Crippen LogP contribution is 2.33. The van der Waals surface area contributed by atoms with Crippen molar-refractivity contribution in [1.29, 1.82) is 0 Å². The number of carbonyl (C=O) groups is 2. The van der Waals surface area contributed by atoms with Gasteiger partial charge in [-0.15, -0.1) is 0 Å². The smallest absolute Gasteiger partial charge is 0.410 e.